The first-order valence-corrected chi connectivity index (χ1v) is 7.81. The van der Waals surface area contributed by atoms with Crippen LogP contribution in [0.5, 0.6) is 0 Å². The molecule has 0 atom stereocenters. The number of benzene rings is 2. The number of thiol groups is 1. The van der Waals surface area contributed by atoms with Crippen molar-refractivity contribution in [3.8, 4) is 0 Å². The summed E-state index contributed by atoms with van der Waals surface area (Å²) in [6.45, 7) is 2.78. The van der Waals surface area contributed by atoms with Gasteiger partial charge in [-0.05, 0) is 36.8 Å². The highest BCUT2D eigenvalue weighted by atomic mass is 35.5. The third kappa shape index (κ3) is 4.02. The number of unbranched alkanes of at least 4 members (excludes halogenated alkanes) is 1. The highest BCUT2D eigenvalue weighted by molar-refractivity contribution is 7.80. The lowest BCUT2D eigenvalue weighted by molar-refractivity contribution is 0.0986. The summed E-state index contributed by atoms with van der Waals surface area (Å²) in [5.41, 5.74) is 1.38. The molecule has 0 unspecified atom stereocenters. The van der Waals surface area contributed by atoms with Gasteiger partial charge in [-0.3, -0.25) is 4.79 Å². The summed E-state index contributed by atoms with van der Waals surface area (Å²) < 4.78 is 0. The number of carbonyl (C=O) groups excluding carboxylic acids is 1. The fraction of sp³-hybridized carbons (Fsp3) is 0.235. The van der Waals surface area contributed by atoms with E-state index in [1.54, 1.807) is 23.1 Å². The molecule has 0 aliphatic heterocycles. The summed E-state index contributed by atoms with van der Waals surface area (Å²) in [6.07, 6.45) is 1.97. The molecule has 0 saturated carbocycles. The number of halogens is 1. The van der Waals surface area contributed by atoms with E-state index in [-0.39, 0.29) is 5.91 Å². The van der Waals surface area contributed by atoms with E-state index in [1.165, 1.54) is 0 Å². The van der Waals surface area contributed by atoms with Gasteiger partial charge in [0, 0.05) is 17.1 Å². The largest absolute Gasteiger partial charge is 0.308 e. The Labute approximate surface area is 136 Å². The maximum atomic E-state index is 12.8. The summed E-state index contributed by atoms with van der Waals surface area (Å²) in [5.74, 6) is -0.0875. The Morgan fingerprint density at radius 2 is 1.90 bits per heavy atom. The van der Waals surface area contributed by atoms with Crippen molar-refractivity contribution in [3.05, 3.63) is 59.1 Å². The van der Waals surface area contributed by atoms with E-state index in [4.69, 9.17) is 11.6 Å². The molecule has 0 saturated heterocycles. The van der Waals surface area contributed by atoms with Gasteiger partial charge in [-0.1, -0.05) is 43.1 Å². The van der Waals surface area contributed by atoms with E-state index < -0.39 is 0 Å². The molecule has 0 bridgehead atoms. The Balaban J connectivity index is 2.36. The zero-order valence-corrected chi connectivity index (χ0v) is 13.6. The molecule has 21 heavy (non-hydrogen) atoms. The van der Waals surface area contributed by atoms with E-state index >= 15 is 0 Å². The number of para-hydroxylation sites is 1. The Morgan fingerprint density at radius 3 is 2.57 bits per heavy atom. The van der Waals surface area contributed by atoms with Gasteiger partial charge in [0.15, 0.2) is 0 Å². The van der Waals surface area contributed by atoms with E-state index in [1.807, 2.05) is 30.3 Å². The molecule has 2 aromatic carbocycles. The second kappa shape index (κ2) is 7.53. The highest BCUT2D eigenvalue weighted by Gasteiger charge is 2.19. The Morgan fingerprint density at radius 1 is 1.19 bits per heavy atom. The fourth-order valence-electron chi connectivity index (χ4n) is 2.09. The molecule has 2 nitrogen and oxygen atoms in total. The quantitative estimate of drug-likeness (QED) is 0.762. The lowest BCUT2D eigenvalue weighted by Gasteiger charge is -2.23. The predicted molar refractivity (Wildman–Crippen MR) is 91.7 cm³/mol. The van der Waals surface area contributed by atoms with E-state index in [2.05, 4.69) is 19.6 Å². The first kappa shape index (κ1) is 15.9. The van der Waals surface area contributed by atoms with Gasteiger partial charge in [0.05, 0.1) is 10.6 Å². The van der Waals surface area contributed by atoms with Crippen LogP contribution < -0.4 is 4.90 Å². The molecule has 0 heterocycles. The van der Waals surface area contributed by atoms with Crippen molar-refractivity contribution in [2.45, 2.75) is 24.7 Å². The topological polar surface area (TPSA) is 20.3 Å². The molecule has 110 valence electrons. The molecule has 0 radical (unpaired) electrons. The molecule has 0 spiro atoms. The fourth-order valence-corrected chi connectivity index (χ4v) is 2.50. The molecule has 4 heteroatoms. The summed E-state index contributed by atoms with van der Waals surface area (Å²) in [5, 5.41) is 0.454. The van der Waals surface area contributed by atoms with Gasteiger partial charge in [-0.15, -0.1) is 12.6 Å². The molecule has 0 aromatic heterocycles. The van der Waals surface area contributed by atoms with Crippen LogP contribution in [0, 0.1) is 0 Å². The van der Waals surface area contributed by atoms with Crippen LogP contribution in [0.25, 0.3) is 0 Å². The monoisotopic (exact) mass is 319 g/mol. The van der Waals surface area contributed by atoms with Crippen LogP contribution in [0.3, 0.4) is 0 Å². The molecule has 2 rings (SSSR count). The average molecular weight is 320 g/mol. The molecule has 0 N–H and O–H groups in total. The van der Waals surface area contributed by atoms with Crippen molar-refractivity contribution >= 4 is 35.8 Å². The van der Waals surface area contributed by atoms with Crippen molar-refractivity contribution in [2.75, 3.05) is 11.4 Å². The number of amides is 1. The van der Waals surface area contributed by atoms with Gasteiger partial charge < -0.3 is 4.90 Å². The SMILES string of the molecule is CCCCN(C(=O)c1cc(S)ccc1Cl)c1ccccc1. The minimum absolute atomic E-state index is 0.0875. The molecular formula is C17H18ClNOS. The summed E-state index contributed by atoms with van der Waals surface area (Å²) in [7, 11) is 0. The highest BCUT2D eigenvalue weighted by Crippen LogP contribution is 2.24. The Hall–Kier alpha value is -1.45. The molecule has 2 aromatic rings. The number of hydrogen-bond donors (Lipinski definition) is 1. The zero-order valence-electron chi connectivity index (χ0n) is 11.9. The van der Waals surface area contributed by atoms with Crippen molar-refractivity contribution in [1.29, 1.82) is 0 Å². The van der Waals surface area contributed by atoms with Gasteiger partial charge >= 0.3 is 0 Å². The van der Waals surface area contributed by atoms with Crippen LogP contribution in [-0.2, 0) is 0 Å². The minimum atomic E-state index is -0.0875. The second-order valence-electron chi connectivity index (χ2n) is 4.81. The van der Waals surface area contributed by atoms with Gasteiger partial charge in [0.2, 0.25) is 0 Å². The van der Waals surface area contributed by atoms with Crippen molar-refractivity contribution < 1.29 is 4.79 Å². The number of hydrogen-bond acceptors (Lipinski definition) is 2. The van der Waals surface area contributed by atoms with Gasteiger partial charge in [-0.25, -0.2) is 0 Å². The maximum Gasteiger partial charge on any atom is 0.259 e. The van der Waals surface area contributed by atoms with Crippen LogP contribution in [0.1, 0.15) is 30.1 Å². The summed E-state index contributed by atoms with van der Waals surface area (Å²) in [6, 6.07) is 14.9. The minimum Gasteiger partial charge on any atom is -0.308 e. The molecule has 1 amide bonds. The molecule has 0 fully saturated rings. The number of carbonyl (C=O) groups is 1. The maximum absolute atomic E-state index is 12.8. The lowest BCUT2D eigenvalue weighted by atomic mass is 10.1. The summed E-state index contributed by atoms with van der Waals surface area (Å²) in [4.78, 5) is 15.3. The Kier molecular flexibility index (Phi) is 5.71. The summed E-state index contributed by atoms with van der Waals surface area (Å²) >= 11 is 10.5. The predicted octanol–water partition coefficient (Wildman–Crippen LogP) is 5.08. The van der Waals surface area contributed by atoms with Crippen LogP contribution in [0.4, 0.5) is 5.69 Å². The van der Waals surface area contributed by atoms with Crippen molar-refractivity contribution in [2.24, 2.45) is 0 Å². The van der Waals surface area contributed by atoms with E-state index in [0.29, 0.717) is 17.1 Å². The number of rotatable bonds is 5. The normalized spacial score (nSPS) is 10.4. The van der Waals surface area contributed by atoms with Crippen LogP contribution in [0.2, 0.25) is 5.02 Å². The number of nitrogens with zero attached hydrogens (tertiary/aromatic N) is 1. The van der Waals surface area contributed by atoms with Gasteiger partial charge in [0.25, 0.3) is 5.91 Å². The van der Waals surface area contributed by atoms with Gasteiger partial charge in [0.1, 0.15) is 0 Å². The average Bonchev–Trinajstić information content (AvgIpc) is 2.51. The third-order valence-electron chi connectivity index (χ3n) is 3.23. The Bertz CT molecular complexity index is 615. The smallest absolute Gasteiger partial charge is 0.259 e. The number of anilines is 1. The molecular weight excluding hydrogens is 302 g/mol. The lowest BCUT2D eigenvalue weighted by Crippen LogP contribution is -2.32. The van der Waals surface area contributed by atoms with E-state index in [9.17, 15) is 4.79 Å². The standard InChI is InChI=1S/C17H18ClNOS/c1-2-3-11-19(13-7-5-4-6-8-13)17(20)15-12-14(21)9-10-16(15)18/h4-10,12,21H,2-3,11H2,1H3. The van der Waals surface area contributed by atoms with Crippen molar-refractivity contribution in [3.63, 3.8) is 0 Å². The molecule has 0 aliphatic rings. The zero-order chi connectivity index (χ0) is 15.2. The van der Waals surface area contributed by atoms with Crippen LogP contribution in [0.15, 0.2) is 53.4 Å². The van der Waals surface area contributed by atoms with Gasteiger partial charge in [-0.2, -0.15) is 0 Å². The second-order valence-corrected chi connectivity index (χ2v) is 5.73. The van der Waals surface area contributed by atoms with Crippen LogP contribution in [-0.4, -0.2) is 12.5 Å². The first-order chi connectivity index (χ1) is 10.1. The van der Waals surface area contributed by atoms with E-state index in [0.717, 1.165) is 23.4 Å². The van der Waals surface area contributed by atoms with Crippen LogP contribution >= 0.6 is 24.2 Å². The first-order valence-electron chi connectivity index (χ1n) is 6.99. The third-order valence-corrected chi connectivity index (χ3v) is 3.84. The van der Waals surface area contributed by atoms with Crippen molar-refractivity contribution in [1.82, 2.24) is 0 Å². The molecule has 0 aliphatic carbocycles.